The van der Waals surface area contributed by atoms with E-state index in [1.165, 1.54) is 17.5 Å². The van der Waals surface area contributed by atoms with Crippen molar-refractivity contribution >= 4 is 34.4 Å². The summed E-state index contributed by atoms with van der Waals surface area (Å²) in [6.07, 6.45) is 7.56. The highest BCUT2D eigenvalue weighted by Crippen LogP contribution is 2.23. The summed E-state index contributed by atoms with van der Waals surface area (Å²) in [5.41, 5.74) is 7.94. The molecule has 1 aliphatic carbocycles. The van der Waals surface area contributed by atoms with Crippen molar-refractivity contribution < 1.29 is 4.79 Å². The third-order valence-corrected chi connectivity index (χ3v) is 5.54. The highest BCUT2D eigenvalue weighted by molar-refractivity contribution is 7.08. The van der Waals surface area contributed by atoms with E-state index in [-0.39, 0.29) is 18.0 Å². The lowest BCUT2D eigenvalue weighted by molar-refractivity contribution is 0.102. The standard InChI is InChI=1S/C18H19N7OS/c19-7-11-9-27-10-15(11)23-18(26)12-8-21-25-6-5-16(24-17(12)25)22-14-4-2-1-3-13(14)20/h5-6,8-10,13-14H,1-4,20H2,(H,22,24)(H,23,26)/t13-,14+/m0/s1. The zero-order valence-corrected chi connectivity index (χ0v) is 15.4. The first-order valence-corrected chi connectivity index (χ1v) is 9.74. The Bertz CT molecular complexity index is 1020. The van der Waals surface area contributed by atoms with Gasteiger partial charge < -0.3 is 16.4 Å². The van der Waals surface area contributed by atoms with Crippen LogP contribution in [-0.2, 0) is 0 Å². The molecule has 138 valence electrons. The molecule has 2 atom stereocenters. The molecule has 1 aliphatic rings. The van der Waals surface area contributed by atoms with Crippen molar-refractivity contribution in [2.45, 2.75) is 37.8 Å². The molecular formula is C18H19N7OS. The summed E-state index contributed by atoms with van der Waals surface area (Å²) < 4.78 is 1.56. The summed E-state index contributed by atoms with van der Waals surface area (Å²) in [6, 6.07) is 4.17. The summed E-state index contributed by atoms with van der Waals surface area (Å²) in [6.45, 7) is 0. The minimum atomic E-state index is -0.348. The summed E-state index contributed by atoms with van der Waals surface area (Å²) >= 11 is 1.36. The van der Waals surface area contributed by atoms with Crippen LogP contribution in [0.3, 0.4) is 0 Å². The van der Waals surface area contributed by atoms with Gasteiger partial charge in [-0.1, -0.05) is 12.8 Å². The lowest BCUT2D eigenvalue weighted by atomic mass is 9.91. The van der Waals surface area contributed by atoms with E-state index < -0.39 is 0 Å². The molecule has 4 N–H and O–H groups in total. The van der Waals surface area contributed by atoms with Crippen LogP contribution >= 0.6 is 11.3 Å². The monoisotopic (exact) mass is 381 g/mol. The zero-order chi connectivity index (χ0) is 18.8. The van der Waals surface area contributed by atoms with Gasteiger partial charge in [0, 0.05) is 29.0 Å². The Kier molecular flexibility index (Phi) is 4.75. The van der Waals surface area contributed by atoms with Crippen LogP contribution in [0, 0.1) is 11.3 Å². The highest BCUT2D eigenvalue weighted by Gasteiger charge is 2.22. The van der Waals surface area contributed by atoms with Crippen LogP contribution < -0.4 is 16.4 Å². The second-order valence-corrected chi connectivity index (χ2v) is 7.35. The average Bonchev–Trinajstić information content (AvgIpc) is 3.29. The van der Waals surface area contributed by atoms with Gasteiger partial charge in [-0.15, -0.1) is 11.3 Å². The van der Waals surface area contributed by atoms with Crippen LogP contribution in [0.1, 0.15) is 41.6 Å². The molecule has 4 rings (SSSR count). The number of carbonyl (C=O) groups excluding carboxylic acids is 1. The molecule has 0 unspecified atom stereocenters. The maximum absolute atomic E-state index is 12.7. The van der Waals surface area contributed by atoms with Crippen molar-refractivity contribution in [1.82, 2.24) is 14.6 Å². The van der Waals surface area contributed by atoms with Gasteiger partial charge in [0.15, 0.2) is 5.65 Å². The van der Waals surface area contributed by atoms with Crippen LogP contribution in [0.25, 0.3) is 5.65 Å². The fourth-order valence-corrected chi connectivity index (χ4v) is 4.01. The maximum atomic E-state index is 12.7. The van der Waals surface area contributed by atoms with Crippen LogP contribution in [0.5, 0.6) is 0 Å². The number of hydrogen-bond donors (Lipinski definition) is 3. The number of nitrogens with two attached hydrogens (primary N) is 1. The first-order chi connectivity index (χ1) is 13.2. The summed E-state index contributed by atoms with van der Waals surface area (Å²) in [5, 5.41) is 22.9. The molecule has 0 saturated heterocycles. The van der Waals surface area contributed by atoms with Gasteiger partial charge in [0.05, 0.1) is 17.4 Å². The number of thiophene rings is 1. The average molecular weight is 381 g/mol. The van der Waals surface area contributed by atoms with E-state index in [0.29, 0.717) is 28.3 Å². The molecule has 3 aromatic heterocycles. The Hall–Kier alpha value is -2.96. The molecular weight excluding hydrogens is 362 g/mol. The first kappa shape index (κ1) is 17.5. The topological polar surface area (TPSA) is 121 Å². The van der Waals surface area contributed by atoms with E-state index in [1.54, 1.807) is 21.5 Å². The fraction of sp³-hybridized carbons (Fsp3) is 0.333. The van der Waals surface area contributed by atoms with E-state index in [0.717, 1.165) is 25.7 Å². The molecule has 0 bridgehead atoms. The lowest BCUT2D eigenvalue weighted by Gasteiger charge is -2.29. The molecule has 9 heteroatoms. The summed E-state index contributed by atoms with van der Waals surface area (Å²) in [7, 11) is 0. The van der Waals surface area contributed by atoms with E-state index >= 15 is 0 Å². The number of anilines is 2. The van der Waals surface area contributed by atoms with Gasteiger partial charge in [0.25, 0.3) is 5.91 Å². The van der Waals surface area contributed by atoms with Crippen LogP contribution in [0.4, 0.5) is 11.5 Å². The second kappa shape index (κ2) is 7.34. The highest BCUT2D eigenvalue weighted by atomic mass is 32.1. The van der Waals surface area contributed by atoms with Crippen LogP contribution in [0.2, 0.25) is 0 Å². The second-order valence-electron chi connectivity index (χ2n) is 6.60. The number of carbonyl (C=O) groups is 1. The minimum absolute atomic E-state index is 0.104. The molecule has 1 amide bonds. The number of nitriles is 1. The van der Waals surface area contributed by atoms with E-state index in [4.69, 9.17) is 11.0 Å². The molecule has 0 aromatic carbocycles. The summed E-state index contributed by atoms with van der Waals surface area (Å²) in [5.74, 6) is 0.326. The quantitative estimate of drug-likeness (QED) is 0.639. The van der Waals surface area contributed by atoms with Gasteiger partial charge in [0.2, 0.25) is 0 Å². The predicted octanol–water partition coefficient (Wildman–Crippen LogP) is 2.60. The zero-order valence-electron chi connectivity index (χ0n) is 14.6. The molecule has 1 fully saturated rings. The molecule has 0 aliphatic heterocycles. The molecule has 3 aromatic rings. The molecule has 0 radical (unpaired) electrons. The summed E-state index contributed by atoms with van der Waals surface area (Å²) in [4.78, 5) is 17.2. The number of fused-ring (bicyclic) bond motifs is 1. The van der Waals surface area contributed by atoms with Crippen molar-refractivity contribution in [3.8, 4) is 6.07 Å². The van der Waals surface area contributed by atoms with Crippen LogP contribution in [0.15, 0.2) is 29.2 Å². The SMILES string of the molecule is N#Cc1cscc1NC(=O)c1cnn2ccc(N[C@@H]3CCCC[C@@H]3N)nc12. The number of rotatable bonds is 4. The first-order valence-electron chi connectivity index (χ1n) is 8.80. The van der Waals surface area contributed by atoms with E-state index in [9.17, 15) is 4.79 Å². The third-order valence-electron chi connectivity index (χ3n) is 4.80. The van der Waals surface area contributed by atoms with Crippen molar-refractivity contribution in [2.24, 2.45) is 5.73 Å². The molecule has 27 heavy (non-hydrogen) atoms. The van der Waals surface area contributed by atoms with Crippen molar-refractivity contribution in [3.63, 3.8) is 0 Å². The number of amides is 1. The third kappa shape index (κ3) is 3.49. The van der Waals surface area contributed by atoms with Crippen molar-refractivity contribution in [3.05, 3.63) is 40.3 Å². The van der Waals surface area contributed by atoms with Crippen molar-refractivity contribution in [1.29, 1.82) is 5.26 Å². The number of hydrogen-bond acceptors (Lipinski definition) is 7. The molecule has 3 heterocycles. The Morgan fingerprint density at radius 2 is 2.22 bits per heavy atom. The van der Waals surface area contributed by atoms with Gasteiger partial charge in [-0.05, 0) is 18.9 Å². The Labute approximate surface area is 160 Å². The Morgan fingerprint density at radius 1 is 1.37 bits per heavy atom. The van der Waals surface area contributed by atoms with Crippen LogP contribution in [-0.4, -0.2) is 32.6 Å². The van der Waals surface area contributed by atoms with Gasteiger partial charge in [-0.25, -0.2) is 9.50 Å². The molecule has 1 saturated carbocycles. The predicted molar refractivity (Wildman–Crippen MR) is 104 cm³/mol. The number of nitrogens with zero attached hydrogens (tertiary/aromatic N) is 4. The number of aromatic nitrogens is 3. The van der Waals surface area contributed by atoms with Gasteiger partial charge in [0.1, 0.15) is 17.5 Å². The lowest BCUT2D eigenvalue weighted by Crippen LogP contribution is -2.42. The number of nitrogens with one attached hydrogen (secondary N) is 2. The van der Waals surface area contributed by atoms with Crippen molar-refractivity contribution in [2.75, 3.05) is 10.6 Å². The van der Waals surface area contributed by atoms with E-state index in [2.05, 4.69) is 26.8 Å². The van der Waals surface area contributed by atoms with Gasteiger partial charge in [-0.2, -0.15) is 10.4 Å². The molecule has 0 spiro atoms. The fourth-order valence-electron chi connectivity index (χ4n) is 3.31. The Balaban J connectivity index is 1.58. The minimum Gasteiger partial charge on any atom is -0.366 e. The van der Waals surface area contributed by atoms with Gasteiger partial charge >= 0.3 is 0 Å². The molecule has 8 nitrogen and oxygen atoms in total. The maximum Gasteiger partial charge on any atom is 0.261 e. The largest absolute Gasteiger partial charge is 0.366 e. The normalized spacial score (nSPS) is 19.6. The smallest absolute Gasteiger partial charge is 0.261 e. The van der Waals surface area contributed by atoms with Gasteiger partial charge in [-0.3, -0.25) is 4.79 Å². The van der Waals surface area contributed by atoms with E-state index in [1.807, 2.05) is 6.07 Å². The Morgan fingerprint density at radius 3 is 3.04 bits per heavy atom.